The van der Waals surface area contributed by atoms with Crippen LogP contribution in [0.4, 0.5) is 5.13 Å². The number of amides is 1. The van der Waals surface area contributed by atoms with E-state index in [2.05, 4.69) is 30.2 Å². The number of rotatable bonds is 4. The first-order valence-corrected chi connectivity index (χ1v) is 10.2. The van der Waals surface area contributed by atoms with Crippen molar-refractivity contribution in [2.75, 3.05) is 5.32 Å². The van der Waals surface area contributed by atoms with E-state index >= 15 is 0 Å². The molecular formula is C18H15N3OS3. The minimum Gasteiger partial charge on any atom is -0.322 e. The fourth-order valence-corrected chi connectivity index (χ4v) is 5.09. The average molecular weight is 386 g/mol. The van der Waals surface area contributed by atoms with Gasteiger partial charge in [-0.1, -0.05) is 0 Å². The smallest absolute Gasteiger partial charge is 0.269 e. The van der Waals surface area contributed by atoms with Gasteiger partial charge in [-0.25, -0.2) is 4.98 Å². The number of nitrogens with zero attached hydrogens (tertiary/aromatic N) is 2. The van der Waals surface area contributed by atoms with Gasteiger partial charge in [-0.15, -0.1) is 34.0 Å². The maximum Gasteiger partial charge on any atom is 0.269 e. The summed E-state index contributed by atoms with van der Waals surface area (Å²) in [6, 6.07) is 7.98. The third-order valence-corrected chi connectivity index (χ3v) is 6.40. The highest BCUT2D eigenvalue weighted by Crippen LogP contribution is 2.33. The van der Waals surface area contributed by atoms with Crippen molar-refractivity contribution >= 4 is 45.0 Å². The van der Waals surface area contributed by atoms with Gasteiger partial charge < -0.3 is 4.57 Å². The van der Waals surface area contributed by atoms with Crippen LogP contribution in [0.25, 0.3) is 16.9 Å². The molecule has 0 aliphatic rings. The van der Waals surface area contributed by atoms with Gasteiger partial charge in [-0.3, -0.25) is 10.1 Å². The molecule has 0 unspecified atom stereocenters. The topological polar surface area (TPSA) is 46.9 Å². The second-order valence-corrected chi connectivity index (χ2v) is 8.78. The number of aryl methyl sites for hydroxylation is 2. The van der Waals surface area contributed by atoms with E-state index in [1.54, 1.807) is 11.3 Å². The van der Waals surface area contributed by atoms with E-state index < -0.39 is 0 Å². The van der Waals surface area contributed by atoms with Gasteiger partial charge in [0.2, 0.25) is 0 Å². The van der Waals surface area contributed by atoms with Crippen molar-refractivity contribution in [3.05, 3.63) is 62.1 Å². The van der Waals surface area contributed by atoms with Crippen LogP contribution in [0.2, 0.25) is 0 Å². The van der Waals surface area contributed by atoms with Crippen LogP contribution in [0.5, 0.6) is 0 Å². The molecule has 0 aliphatic carbocycles. The maximum absolute atomic E-state index is 12.7. The van der Waals surface area contributed by atoms with Gasteiger partial charge in [0.25, 0.3) is 5.91 Å². The molecule has 4 heterocycles. The van der Waals surface area contributed by atoms with Crippen molar-refractivity contribution in [3.63, 3.8) is 0 Å². The molecule has 126 valence electrons. The molecule has 4 rings (SSSR count). The SMILES string of the molecule is Cc1cc(-c2csc(NC(=O)c3sccc3-n3cccc3)n2)c(C)s1. The summed E-state index contributed by atoms with van der Waals surface area (Å²) in [5.74, 6) is -0.127. The number of anilines is 1. The summed E-state index contributed by atoms with van der Waals surface area (Å²) in [6.45, 7) is 4.19. The van der Waals surface area contributed by atoms with Crippen molar-refractivity contribution in [2.45, 2.75) is 13.8 Å². The zero-order chi connectivity index (χ0) is 17.4. The maximum atomic E-state index is 12.7. The zero-order valence-corrected chi connectivity index (χ0v) is 16.1. The van der Waals surface area contributed by atoms with Crippen molar-refractivity contribution in [2.24, 2.45) is 0 Å². The minimum absolute atomic E-state index is 0.127. The van der Waals surface area contributed by atoms with Crippen LogP contribution >= 0.6 is 34.0 Å². The lowest BCUT2D eigenvalue weighted by molar-refractivity contribution is 0.103. The quantitative estimate of drug-likeness (QED) is 0.497. The first-order chi connectivity index (χ1) is 12.1. The van der Waals surface area contributed by atoms with Crippen LogP contribution in [0.3, 0.4) is 0 Å². The Labute approximate surface area is 157 Å². The highest BCUT2D eigenvalue weighted by atomic mass is 32.1. The Kier molecular flexibility index (Phi) is 4.29. The normalized spacial score (nSPS) is 11.0. The summed E-state index contributed by atoms with van der Waals surface area (Å²) in [7, 11) is 0. The molecule has 4 aromatic rings. The van der Waals surface area contributed by atoms with E-state index in [9.17, 15) is 4.79 Å². The van der Waals surface area contributed by atoms with Crippen LogP contribution in [0, 0.1) is 13.8 Å². The molecule has 0 bridgehead atoms. The molecular weight excluding hydrogens is 370 g/mol. The third kappa shape index (κ3) is 3.18. The fourth-order valence-electron chi connectivity index (χ4n) is 2.66. The molecule has 25 heavy (non-hydrogen) atoms. The van der Waals surface area contributed by atoms with E-state index in [4.69, 9.17) is 0 Å². The summed E-state index contributed by atoms with van der Waals surface area (Å²) >= 11 is 4.64. The molecule has 7 heteroatoms. The molecule has 0 atom stereocenters. The number of nitrogens with one attached hydrogen (secondary N) is 1. The number of hydrogen-bond donors (Lipinski definition) is 1. The fraction of sp³-hybridized carbons (Fsp3) is 0.111. The van der Waals surface area contributed by atoms with E-state index in [-0.39, 0.29) is 5.91 Å². The summed E-state index contributed by atoms with van der Waals surface area (Å²) < 4.78 is 1.94. The van der Waals surface area contributed by atoms with Gasteiger partial charge in [-0.2, -0.15) is 0 Å². The van der Waals surface area contributed by atoms with Crippen molar-refractivity contribution in [1.29, 1.82) is 0 Å². The highest BCUT2D eigenvalue weighted by molar-refractivity contribution is 7.15. The van der Waals surface area contributed by atoms with E-state index in [0.29, 0.717) is 10.0 Å². The first-order valence-electron chi connectivity index (χ1n) is 7.67. The molecule has 0 spiro atoms. The monoisotopic (exact) mass is 385 g/mol. The number of carbonyl (C=O) groups is 1. The number of hydrogen-bond acceptors (Lipinski definition) is 5. The highest BCUT2D eigenvalue weighted by Gasteiger charge is 2.17. The molecule has 0 fully saturated rings. The summed E-state index contributed by atoms with van der Waals surface area (Å²) in [5, 5.41) is 7.47. The Morgan fingerprint density at radius 2 is 2.00 bits per heavy atom. The van der Waals surface area contributed by atoms with E-state index in [1.807, 2.05) is 45.9 Å². The van der Waals surface area contributed by atoms with Gasteiger partial charge in [0, 0.05) is 33.1 Å². The average Bonchev–Trinajstić information content (AvgIpc) is 3.33. The Hall–Kier alpha value is -2.22. The predicted molar refractivity (Wildman–Crippen MR) is 107 cm³/mol. The number of aromatic nitrogens is 2. The van der Waals surface area contributed by atoms with Gasteiger partial charge in [0.1, 0.15) is 4.88 Å². The van der Waals surface area contributed by atoms with Crippen LogP contribution < -0.4 is 5.32 Å². The van der Waals surface area contributed by atoms with Gasteiger partial charge in [0.15, 0.2) is 5.13 Å². The number of thiophene rings is 2. The molecule has 1 N–H and O–H groups in total. The van der Waals surface area contributed by atoms with E-state index in [0.717, 1.165) is 16.9 Å². The lowest BCUT2D eigenvalue weighted by atomic mass is 10.2. The van der Waals surface area contributed by atoms with E-state index in [1.165, 1.54) is 32.4 Å². The number of thiazole rings is 1. The second kappa shape index (κ2) is 6.59. The van der Waals surface area contributed by atoms with Gasteiger partial charge in [-0.05, 0) is 43.5 Å². The first kappa shape index (κ1) is 16.3. The Balaban J connectivity index is 1.57. The standard InChI is InChI=1S/C18H15N3OS3/c1-11-9-13(12(2)25-11)14-10-24-18(19-14)20-17(22)16-15(5-8-23-16)21-6-3-4-7-21/h3-10H,1-2H3,(H,19,20,22). The van der Waals surface area contributed by atoms with Gasteiger partial charge >= 0.3 is 0 Å². The molecule has 0 aliphatic heterocycles. The van der Waals surface area contributed by atoms with Crippen molar-refractivity contribution in [3.8, 4) is 16.9 Å². The Morgan fingerprint density at radius 1 is 1.20 bits per heavy atom. The third-order valence-electron chi connectivity index (χ3n) is 3.77. The second-order valence-electron chi connectivity index (χ2n) is 5.54. The summed E-state index contributed by atoms with van der Waals surface area (Å²) in [6.07, 6.45) is 3.87. The summed E-state index contributed by atoms with van der Waals surface area (Å²) in [5.41, 5.74) is 2.94. The molecule has 4 nitrogen and oxygen atoms in total. The van der Waals surface area contributed by atoms with Crippen LogP contribution in [-0.4, -0.2) is 15.5 Å². The Morgan fingerprint density at radius 3 is 2.72 bits per heavy atom. The summed E-state index contributed by atoms with van der Waals surface area (Å²) in [4.78, 5) is 20.4. The van der Waals surface area contributed by atoms with Gasteiger partial charge in [0.05, 0.1) is 11.4 Å². The molecule has 0 saturated heterocycles. The lowest BCUT2D eigenvalue weighted by Gasteiger charge is -2.04. The largest absolute Gasteiger partial charge is 0.322 e. The molecule has 0 saturated carbocycles. The molecule has 0 radical (unpaired) electrons. The molecule has 4 aromatic heterocycles. The van der Waals surface area contributed by atoms with Crippen molar-refractivity contribution < 1.29 is 4.79 Å². The molecule has 1 amide bonds. The zero-order valence-electron chi connectivity index (χ0n) is 13.6. The number of carbonyl (C=O) groups excluding carboxylic acids is 1. The predicted octanol–water partition coefficient (Wildman–Crippen LogP) is 5.59. The Bertz CT molecular complexity index is 1020. The minimum atomic E-state index is -0.127. The molecule has 0 aromatic carbocycles. The van der Waals surface area contributed by atoms with Crippen molar-refractivity contribution in [1.82, 2.24) is 9.55 Å². The lowest BCUT2D eigenvalue weighted by Crippen LogP contribution is -2.12. The van der Waals surface area contributed by atoms with Crippen LogP contribution in [-0.2, 0) is 0 Å². The van der Waals surface area contributed by atoms with Crippen LogP contribution in [0.1, 0.15) is 19.4 Å². The van der Waals surface area contributed by atoms with Crippen LogP contribution in [0.15, 0.2) is 47.4 Å².